The molecule has 76 valence electrons. The van der Waals surface area contributed by atoms with Gasteiger partial charge in [0, 0.05) is 12.0 Å². The second-order valence-corrected chi connectivity index (χ2v) is 3.15. The van der Waals surface area contributed by atoms with E-state index >= 15 is 0 Å². The van der Waals surface area contributed by atoms with Gasteiger partial charge in [-0.15, -0.1) is 0 Å². The van der Waals surface area contributed by atoms with Crippen molar-refractivity contribution in [2.45, 2.75) is 26.2 Å². The summed E-state index contributed by atoms with van der Waals surface area (Å²) in [6, 6.07) is 4.81. The van der Waals surface area contributed by atoms with Crippen molar-refractivity contribution in [1.82, 2.24) is 0 Å². The molecule has 0 saturated carbocycles. The Bertz CT molecular complexity index is 321. The molecule has 0 aliphatic rings. The fourth-order valence-electron chi connectivity index (χ4n) is 1.47. The number of hydrogen-bond acceptors (Lipinski definition) is 1. The summed E-state index contributed by atoms with van der Waals surface area (Å²) >= 11 is 0. The van der Waals surface area contributed by atoms with Crippen molar-refractivity contribution >= 4 is 6.29 Å². The lowest BCUT2D eigenvalue weighted by Crippen LogP contribution is -1.98. The molecule has 0 spiro atoms. The highest BCUT2D eigenvalue weighted by molar-refractivity contribution is 5.51. The maximum absolute atomic E-state index is 12.5. The molecule has 0 aromatic heterocycles. The zero-order valence-corrected chi connectivity index (χ0v) is 7.97. The van der Waals surface area contributed by atoms with Crippen molar-refractivity contribution in [3.8, 4) is 0 Å². The van der Waals surface area contributed by atoms with Gasteiger partial charge in [-0.2, -0.15) is 0 Å². The smallest absolute Gasteiger partial charge is 0.264 e. The first-order valence-electron chi connectivity index (χ1n) is 4.47. The summed E-state index contributed by atoms with van der Waals surface area (Å²) in [5.74, 6) is 0. The number of benzene rings is 1. The minimum Gasteiger partial charge on any atom is -0.303 e. The molecule has 1 aromatic carbocycles. The van der Waals surface area contributed by atoms with Crippen molar-refractivity contribution < 1.29 is 13.6 Å². The maximum atomic E-state index is 12.5. The minimum atomic E-state index is -2.46. The van der Waals surface area contributed by atoms with Crippen LogP contribution in [0.25, 0.3) is 0 Å². The van der Waals surface area contributed by atoms with Gasteiger partial charge >= 0.3 is 0 Å². The second kappa shape index (κ2) is 4.84. The van der Waals surface area contributed by atoms with E-state index in [4.69, 9.17) is 0 Å². The zero-order chi connectivity index (χ0) is 10.6. The average Bonchev–Trinajstić information content (AvgIpc) is 2.15. The van der Waals surface area contributed by atoms with Crippen LogP contribution in [-0.2, 0) is 11.2 Å². The van der Waals surface area contributed by atoms with Gasteiger partial charge in [0.05, 0.1) is 0 Å². The van der Waals surface area contributed by atoms with E-state index in [0.717, 1.165) is 11.8 Å². The van der Waals surface area contributed by atoms with E-state index in [1.54, 1.807) is 19.1 Å². The molecule has 0 atom stereocenters. The van der Waals surface area contributed by atoms with E-state index in [9.17, 15) is 13.6 Å². The van der Waals surface area contributed by atoms with E-state index in [0.29, 0.717) is 18.4 Å². The molecule has 0 aliphatic heterocycles. The molecule has 0 radical (unpaired) electrons. The number of carbonyl (C=O) groups excluding carboxylic acids is 1. The molecular weight excluding hydrogens is 186 g/mol. The number of halogens is 2. The number of aryl methyl sites for hydroxylation is 1. The predicted molar refractivity (Wildman–Crippen MR) is 50.5 cm³/mol. The van der Waals surface area contributed by atoms with E-state index in [1.165, 1.54) is 6.07 Å². The van der Waals surface area contributed by atoms with Crippen molar-refractivity contribution in [3.05, 3.63) is 34.9 Å². The Morgan fingerprint density at radius 2 is 2.14 bits per heavy atom. The highest BCUT2D eigenvalue weighted by Gasteiger charge is 2.13. The Morgan fingerprint density at radius 3 is 2.71 bits per heavy atom. The normalized spacial score (nSPS) is 10.6. The molecule has 14 heavy (non-hydrogen) atoms. The van der Waals surface area contributed by atoms with Crippen molar-refractivity contribution in [3.63, 3.8) is 0 Å². The first-order chi connectivity index (χ1) is 6.66. The highest BCUT2D eigenvalue weighted by atomic mass is 19.3. The lowest BCUT2D eigenvalue weighted by Gasteiger charge is -2.10. The molecule has 0 aliphatic carbocycles. The Hall–Kier alpha value is -1.25. The van der Waals surface area contributed by atoms with E-state index in [2.05, 4.69) is 0 Å². The van der Waals surface area contributed by atoms with E-state index in [1.807, 2.05) is 0 Å². The third-order valence-electron chi connectivity index (χ3n) is 2.19. The fourth-order valence-corrected chi connectivity index (χ4v) is 1.47. The Kier molecular flexibility index (Phi) is 3.74. The molecule has 0 amide bonds. The number of rotatable bonds is 4. The van der Waals surface area contributed by atoms with Crippen LogP contribution < -0.4 is 0 Å². The molecule has 0 bridgehead atoms. The molecule has 0 saturated heterocycles. The second-order valence-electron chi connectivity index (χ2n) is 3.15. The number of alkyl halides is 2. The van der Waals surface area contributed by atoms with Crippen molar-refractivity contribution in [1.29, 1.82) is 0 Å². The van der Waals surface area contributed by atoms with Gasteiger partial charge in [0.2, 0.25) is 0 Å². The molecule has 0 heterocycles. The van der Waals surface area contributed by atoms with Gasteiger partial charge in [0.25, 0.3) is 6.43 Å². The topological polar surface area (TPSA) is 17.1 Å². The minimum absolute atomic E-state index is 0.0480. The van der Waals surface area contributed by atoms with Crippen LogP contribution in [0.4, 0.5) is 8.78 Å². The van der Waals surface area contributed by atoms with Crippen LogP contribution in [0.1, 0.15) is 29.5 Å². The predicted octanol–water partition coefficient (Wildman–Crippen LogP) is 3.06. The average molecular weight is 198 g/mol. The van der Waals surface area contributed by atoms with E-state index in [-0.39, 0.29) is 5.56 Å². The van der Waals surface area contributed by atoms with Gasteiger partial charge in [-0.3, -0.25) is 0 Å². The Labute approximate surface area is 81.7 Å². The van der Waals surface area contributed by atoms with E-state index < -0.39 is 6.43 Å². The van der Waals surface area contributed by atoms with Crippen LogP contribution in [-0.4, -0.2) is 6.29 Å². The number of aldehydes is 1. The van der Waals surface area contributed by atoms with Crippen LogP contribution in [0.3, 0.4) is 0 Å². The summed E-state index contributed by atoms with van der Waals surface area (Å²) in [6.07, 6.45) is -1.01. The number of carbonyl (C=O) groups is 1. The molecule has 1 rings (SSSR count). The fraction of sp³-hybridized carbons (Fsp3) is 0.364. The van der Waals surface area contributed by atoms with Crippen LogP contribution in [0.2, 0.25) is 0 Å². The molecule has 0 unspecified atom stereocenters. The summed E-state index contributed by atoms with van der Waals surface area (Å²) in [5, 5.41) is 0. The van der Waals surface area contributed by atoms with Crippen molar-refractivity contribution in [2.24, 2.45) is 0 Å². The van der Waals surface area contributed by atoms with Gasteiger partial charge in [-0.05, 0) is 24.5 Å². The molecular formula is C11H12F2O. The monoisotopic (exact) mass is 198 g/mol. The summed E-state index contributed by atoms with van der Waals surface area (Å²) < 4.78 is 25.1. The summed E-state index contributed by atoms with van der Waals surface area (Å²) in [5.41, 5.74) is 1.48. The van der Waals surface area contributed by atoms with Crippen LogP contribution in [0, 0.1) is 6.92 Å². The standard InChI is InChI=1S/C11H12F2O/c1-8-4-2-5-10(11(12)13)9(8)6-3-7-14/h2,4-5,7,11H,3,6H2,1H3. The first-order valence-corrected chi connectivity index (χ1v) is 4.47. The molecule has 0 fully saturated rings. The number of hydrogen-bond donors (Lipinski definition) is 0. The summed E-state index contributed by atoms with van der Waals surface area (Å²) in [6.45, 7) is 1.78. The van der Waals surface area contributed by atoms with Crippen molar-refractivity contribution in [2.75, 3.05) is 0 Å². The van der Waals surface area contributed by atoms with Gasteiger partial charge in [0.1, 0.15) is 6.29 Å². The third-order valence-corrected chi connectivity index (χ3v) is 2.19. The molecule has 1 nitrogen and oxygen atoms in total. The van der Waals surface area contributed by atoms with Gasteiger partial charge in [0.15, 0.2) is 0 Å². The SMILES string of the molecule is Cc1cccc(C(F)F)c1CCC=O. The lowest BCUT2D eigenvalue weighted by atomic mass is 9.98. The van der Waals surface area contributed by atoms with Gasteiger partial charge in [-0.1, -0.05) is 18.2 Å². The van der Waals surface area contributed by atoms with Gasteiger partial charge < -0.3 is 4.79 Å². The Morgan fingerprint density at radius 1 is 1.43 bits per heavy atom. The van der Waals surface area contributed by atoms with Crippen LogP contribution >= 0.6 is 0 Å². The lowest BCUT2D eigenvalue weighted by molar-refractivity contribution is -0.107. The summed E-state index contributed by atoms with van der Waals surface area (Å²) in [7, 11) is 0. The first kappa shape index (κ1) is 10.8. The quantitative estimate of drug-likeness (QED) is 0.679. The third kappa shape index (κ3) is 2.37. The molecule has 1 aromatic rings. The highest BCUT2D eigenvalue weighted by Crippen LogP contribution is 2.25. The summed E-state index contributed by atoms with van der Waals surface area (Å²) in [4.78, 5) is 10.2. The molecule has 0 N–H and O–H groups in total. The largest absolute Gasteiger partial charge is 0.303 e. The van der Waals surface area contributed by atoms with Crippen LogP contribution in [0.5, 0.6) is 0 Å². The molecule has 3 heteroatoms. The van der Waals surface area contributed by atoms with Crippen LogP contribution in [0.15, 0.2) is 18.2 Å². The van der Waals surface area contributed by atoms with Gasteiger partial charge in [-0.25, -0.2) is 8.78 Å². The Balaban J connectivity index is 3.02. The maximum Gasteiger partial charge on any atom is 0.264 e. The zero-order valence-electron chi connectivity index (χ0n) is 7.97.